The Kier molecular flexibility index (Phi) is 8.72. The third-order valence-corrected chi connectivity index (χ3v) is 11.2. The lowest BCUT2D eigenvalue weighted by molar-refractivity contribution is -0.136. The topological polar surface area (TPSA) is 168 Å². The van der Waals surface area contributed by atoms with Gasteiger partial charge in [-0.1, -0.05) is 29.5 Å². The average molecular weight is 739 g/mol. The third kappa shape index (κ3) is 6.64. The molecule has 3 aromatic carbocycles. The van der Waals surface area contributed by atoms with Crippen LogP contribution in [0.1, 0.15) is 54.0 Å². The van der Waals surface area contributed by atoms with Crippen molar-refractivity contribution >= 4 is 62.6 Å². The van der Waals surface area contributed by atoms with Gasteiger partial charge in [-0.2, -0.15) is 14.8 Å². The van der Waals surface area contributed by atoms with Crippen LogP contribution >= 0.6 is 0 Å². The molecule has 0 aliphatic carbocycles. The SMILES string of the molecule is Cc1cccc(C)c1Nc1nn(C)c2nc(Nc3ccc4c(c3)CN(CC3CCN(c5ccc6c(=O)n(C7CCC(=O)NC7=O)nnc6c5)CC3)C4)ncc12. The number of hydrogen-bond donors (Lipinski definition) is 3. The van der Waals surface area contributed by atoms with Crippen LogP contribution < -0.4 is 26.4 Å². The van der Waals surface area contributed by atoms with Crippen LogP contribution in [0.15, 0.2) is 65.6 Å². The Morgan fingerprint density at radius 2 is 1.69 bits per heavy atom. The Morgan fingerprint density at radius 1 is 0.891 bits per heavy atom. The van der Waals surface area contributed by atoms with Gasteiger partial charge in [0.15, 0.2) is 11.5 Å². The number of anilines is 5. The summed E-state index contributed by atoms with van der Waals surface area (Å²) in [5.41, 5.74) is 8.84. The number of amides is 2. The second kappa shape index (κ2) is 13.9. The number of piperidine rings is 2. The lowest BCUT2D eigenvalue weighted by atomic mass is 9.95. The summed E-state index contributed by atoms with van der Waals surface area (Å²) in [6.07, 6.45) is 4.35. The fourth-order valence-corrected chi connectivity index (χ4v) is 8.22. The van der Waals surface area contributed by atoms with E-state index in [0.29, 0.717) is 22.8 Å². The van der Waals surface area contributed by atoms with E-state index in [9.17, 15) is 14.4 Å². The zero-order valence-corrected chi connectivity index (χ0v) is 31.0. The van der Waals surface area contributed by atoms with Gasteiger partial charge in [0.2, 0.25) is 11.9 Å². The van der Waals surface area contributed by atoms with Crippen molar-refractivity contribution in [2.45, 2.75) is 58.7 Å². The zero-order chi connectivity index (χ0) is 37.8. The van der Waals surface area contributed by atoms with Gasteiger partial charge in [0.1, 0.15) is 11.6 Å². The number of imide groups is 1. The highest BCUT2D eigenvalue weighted by molar-refractivity contribution is 5.99. The number of hydrogen-bond acceptors (Lipinski definition) is 12. The number of rotatable bonds is 8. The zero-order valence-electron chi connectivity index (χ0n) is 31.0. The smallest absolute Gasteiger partial charge is 0.278 e. The first-order chi connectivity index (χ1) is 26.7. The lowest BCUT2D eigenvalue weighted by Gasteiger charge is -2.35. The molecule has 15 nitrogen and oxygen atoms in total. The van der Waals surface area contributed by atoms with Gasteiger partial charge in [0.25, 0.3) is 11.5 Å². The molecule has 2 fully saturated rings. The van der Waals surface area contributed by atoms with Gasteiger partial charge in [0, 0.05) is 69.5 Å². The fourth-order valence-electron chi connectivity index (χ4n) is 8.22. The first-order valence-corrected chi connectivity index (χ1v) is 18.8. The molecule has 0 saturated carbocycles. The molecule has 2 saturated heterocycles. The number of aryl methyl sites for hydroxylation is 3. The van der Waals surface area contributed by atoms with Crippen molar-refractivity contribution in [3.05, 3.63) is 93.4 Å². The van der Waals surface area contributed by atoms with Gasteiger partial charge < -0.3 is 15.5 Å². The minimum atomic E-state index is -0.835. The van der Waals surface area contributed by atoms with Crippen LogP contribution in [0.25, 0.3) is 21.9 Å². The van der Waals surface area contributed by atoms with Crippen molar-refractivity contribution in [2.75, 3.05) is 35.2 Å². The summed E-state index contributed by atoms with van der Waals surface area (Å²) in [6.45, 7) is 8.86. The number of fused-ring (bicyclic) bond motifs is 3. The fraction of sp³-hybridized carbons (Fsp3) is 0.350. The molecule has 9 rings (SSSR count). The van der Waals surface area contributed by atoms with E-state index in [4.69, 9.17) is 10.1 Å². The molecule has 55 heavy (non-hydrogen) atoms. The Balaban J connectivity index is 0.804. The summed E-state index contributed by atoms with van der Waals surface area (Å²) in [6, 6.07) is 17.5. The van der Waals surface area contributed by atoms with E-state index in [-0.39, 0.29) is 24.3 Å². The number of para-hydroxylation sites is 1. The summed E-state index contributed by atoms with van der Waals surface area (Å²) >= 11 is 0. The van der Waals surface area contributed by atoms with Crippen molar-refractivity contribution < 1.29 is 9.59 Å². The number of carbonyl (C=O) groups is 2. The minimum absolute atomic E-state index is 0.164. The second-order valence-corrected chi connectivity index (χ2v) is 15.0. The normalized spacial score (nSPS) is 17.9. The van der Waals surface area contributed by atoms with Crippen LogP contribution in [-0.2, 0) is 29.7 Å². The Bertz CT molecular complexity index is 2540. The molecular weight excluding hydrogens is 697 g/mol. The molecule has 3 aliphatic heterocycles. The van der Waals surface area contributed by atoms with Crippen molar-refractivity contribution in [3.8, 4) is 0 Å². The van der Waals surface area contributed by atoms with Crippen LogP contribution in [0.5, 0.6) is 0 Å². The molecule has 0 spiro atoms. The summed E-state index contributed by atoms with van der Waals surface area (Å²) < 4.78 is 2.88. The molecule has 1 atom stereocenters. The lowest BCUT2D eigenvalue weighted by Crippen LogP contribution is -2.45. The van der Waals surface area contributed by atoms with Crippen molar-refractivity contribution in [1.29, 1.82) is 0 Å². The predicted molar refractivity (Wildman–Crippen MR) is 209 cm³/mol. The standard InChI is InChI=1S/C40H42N12O3/c1-23-5-4-6-24(2)35(23)44-36-31-19-41-40(45-37(31)49(3)47-36)42-28-8-7-26-21-50(22-27(26)17-28)20-25-13-15-51(16-14-25)29-9-10-30-32(18-29)46-48-52(39(30)55)33-11-12-34(53)43-38(33)54/h4-10,17-19,25,33H,11-16,20-22H2,1-3H3,(H,44,47)(H,41,42,45)(H,43,53,54). The molecule has 280 valence electrons. The van der Waals surface area contributed by atoms with Gasteiger partial charge in [-0.25, -0.2) is 9.67 Å². The number of aromatic nitrogens is 7. The first-order valence-electron chi connectivity index (χ1n) is 18.8. The van der Waals surface area contributed by atoms with Crippen molar-refractivity contribution in [1.82, 2.24) is 45.0 Å². The predicted octanol–water partition coefficient (Wildman–Crippen LogP) is 4.78. The maximum atomic E-state index is 13.2. The molecule has 0 radical (unpaired) electrons. The number of benzene rings is 3. The number of nitrogens with one attached hydrogen (secondary N) is 3. The summed E-state index contributed by atoms with van der Waals surface area (Å²) in [7, 11) is 1.90. The molecule has 6 heterocycles. The van der Waals surface area contributed by atoms with Crippen molar-refractivity contribution in [3.63, 3.8) is 0 Å². The van der Waals surface area contributed by atoms with E-state index in [2.05, 4.69) is 91.3 Å². The molecule has 1 unspecified atom stereocenters. The van der Waals surface area contributed by atoms with Crippen LogP contribution in [-0.4, -0.2) is 71.1 Å². The largest absolute Gasteiger partial charge is 0.371 e. The van der Waals surface area contributed by atoms with Gasteiger partial charge in [0.05, 0.1) is 10.8 Å². The maximum absolute atomic E-state index is 13.2. The highest BCUT2D eigenvalue weighted by Gasteiger charge is 2.31. The van der Waals surface area contributed by atoms with Gasteiger partial charge in [-0.3, -0.25) is 24.6 Å². The summed E-state index contributed by atoms with van der Waals surface area (Å²) in [5, 5.41) is 23.5. The third-order valence-electron chi connectivity index (χ3n) is 11.2. The van der Waals surface area contributed by atoms with E-state index in [1.165, 1.54) is 11.1 Å². The van der Waals surface area contributed by atoms with E-state index >= 15 is 0 Å². The van der Waals surface area contributed by atoms with Gasteiger partial charge in [-0.05, 0) is 91.6 Å². The monoisotopic (exact) mass is 738 g/mol. The second-order valence-electron chi connectivity index (χ2n) is 15.0. The van der Waals surface area contributed by atoms with E-state index in [1.807, 2.05) is 25.4 Å². The molecule has 6 aromatic rings. The molecule has 3 aromatic heterocycles. The van der Waals surface area contributed by atoms with Gasteiger partial charge >= 0.3 is 0 Å². The van der Waals surface area contributed by atoms with Crippen molar-refractivity contribution in [2.24, 2.45) is 13.0 Å². The average Bonchev–Trinajstić information content (AvgIpc) is 3.72. The van der Waals surface area contributed by atoms with E-state index in [1.54, 1.807) is 10.7 Å². The minimum Gasteiger partial charge on any atom is -0.371 e. The Labute approximate surface area is 316 Å². The molecule has 15 heteroatoms. The highest BCUT2D eigenvalue weighted by atomic mass is 16.2. The summed E-state index contributed by atoms with van der Waals surface area (Å²) in [5.74, 6) is 0.979. The molecule has 3 aliphatic rings. The van der Waals surface area contributed by atoms with E-state index in [0.717, 1.165) is 95.3 Å². The van der Waals surface area contributed by atoms with E-state index < -0.39 is 11.9 Å². The van der Waals surface area contributed by atoms with Crippen LogP contribution in [0.3, 0.4) is 0 Å². The molecule has 0 bridgehead atoms. The molecular formula is C40H42N12O3. The Hall–Kier alpha value is -6.22. The maximum Gasteiger partial charge on any atom is 0.278 e. The Morgan fingerprint density at radius 3 is 2.49 bits per heavy atom. The van der Waals surface area contributed by atoms with Crippen LogP contribution in [0, 0.1) is 19.8 Å². The summed E-state index contributed by atoms with van der Waals surface area (Å²) in [4.78, 5) is 51.5. The van der Waals surface area contributed by atoms with Crippen LogP contribution in [0.2, 0.25) is 0 Å². The highest BCUT2D eigenvalue weighted by Crippen LogP contribution is 2.32. The number of carbonyl (C=O) groups excluding carboxylic acids is 2. The number of nitrogens with zero attached hydrogens (tertiary/aromatic N) is 9. The first kappa shape index (κ1) is 34.5. The van der Waals surface area contributed by atoms with Gasteiger partial charge in [-0.15, -0.1) is 5.10 Å². The molecule has 3 N–H and O–H groups in total. The van der Waals surface area contributed by atoms with Crippen LogP contribution in [0.4, 0.5) is 28.8 Å². The molecule has 2 amide bonds. The quantitative estimate of drug-likeness (QED) is 0.183.